The fourth-order valence-electron chi connectivity index (χ4n) is 2.26. The number of hydrogen-bond acceptors (Lipinski definition) is 3. The molecule has 2 aromatic carbocycles. The molecule has 2 N–H and O–H groups in total. The van der Waals surface area contributed by atoms with Crippen molar-refractivity contribution < 1.29 is 13.9 Å². The van der Waals surface area contributed by atoms with Crippen LogP contribution in [0.25, 0.3) is 0 Å². The average Bonchev–Trinajstić information content (AvgIpc) is 2.49. The van der Waals surface area contributed by atoms with Gasteiger partial charge in [0, 0.05) is 5.02 Å². The molecule has 3 nitrogen and oxygen atoms in total. The van der Waals surface area contributed by atoms with Crippen LogP contribution in [0.15, 0.2) is 30.3 Å². The number of aryl methyl sites for hydroxylation is 1. The normalized spacial score (nSPS) is 12.1. The standard InChI is InChI=1S/C16H17ClFNO2/c1-9-7-10(11(17)8-12(9)18)16(19)15-13(20-2)5-4-6-14(15)21-3/h4-8,16H,19H2,1-3H3. The SMILES string of the molecule is COc1cccc(OC)c1C(N)c1cc(C)c(F)cc1Cl. The monoisotopic (exact) mass is 309 g/mol. The van der Waals surface area contributed by atoms with E-state index in [1.807, 2.05) is 6.07 Å². The summed E-state index contributed by atoms with van der Waals surface area (Å²) < 4.78 is 24.2. The fraction of sp³-hybridized carbons (Fsp3) is 0.250. The van der Waals surface area contributed by atoms with Crippen LogP contribution in [-0.4, -0.2) is 14.2 Å². The minimum absolute atomic E-state index is 0.276. The molecule has 21 heavy (non-hydrogen) atoms. The lowest BCUT2D eigenvalue weighted by molar-refractivity contribution is 0.382. The quantitative estimate of drug-likeness (QED) is 0.933. The van der Waals surface area contributed by atoms with E-state index in [9.17, 15) is 4.39 Å². The van der Waals surface area contributed by atoms with Gasteiger partial charge < -0.3 is 15.2 Å². The van der Waals surface area contributed by atoms with Crippen molar-refractivity contribution in [2.75, 3.05) is 14.2 Å². The highest BCUT2D eigenvalue weighted by atomic mass is 35.5. The number of ether oxygens (including phenoxy) is 2. The molecular weight excluding hydrogens is 293 g/mol. The maximum atomic E-state index is 13.5. The molecule has 0 bridgehead atoms. The third-order valence-electron chi connectivity index (χ3n) is 3.39. The average molecular weight is 310 g/mol. The predicted octanol–water partition coefficient (Wildman–Crippen LogP) is 3.85. The number of hydrogen-bond donors (Lipinski definition) is 1. The smallest absolute Gasteiger partial charge is 0.127 e. The van der Waals surface area contributed by atoms with E-state index in [2.05, 4.69) is 0 Å². The van der Waals surface area contributed by atoms with E-state index in [-0.39, 0.29) is 10.8 Å². The molecule has 0 saturated carbocycles. The number of rotatable bonds is 4. The Kier molecular flexibility index (Phi) is 4.70. The first-order valence-corrected chi connectivity index (χ1v) is 6.79. The van der Waals surface area contributed by atoms with Crippen molar-refractivity contribution >= 4 is 11.6 Å². The molecule has 0 radical (unpaired) electrons. The molecule has 0 aliphatic rings. The first-order valence-electron chi connectivity index (χ1n) is 6.41. The van der Waals surface area contributed by atoms with Gasteiger partial charge in [-0.2, -0.15) is 0 Å². The number of benzene rings is 2. The molecule has 0 saturated heterocycles. The zero-order valence-electron chi connectivity index (χ0n) is 12.1. The molecule has 1 unspecified atom stereocenters. The Hall–Kier alpha value is -1.78. The lowest BCUT2D eigenvalue weighted by Gasteiger charge is -2.20. The summed E-state index contributed by atoms with van der Waals surface area (Å²) in [7, 11) is 3.12. The van der Waals surface area contributed by atoms with Crippen molar-refractivity contribution in [3.63, 3.8) is 0 Å². The van der Waals surface area contributed by atoms with Crippen molar-refractivity contribution in [3.05, 3.63) is 57.9 Å². The molecule has 1 atom stereocenters. The van der Waals surface area contributed by atoms with E-state index >= 15 is 0 Å². The number of halogens is 2. The van der Waals surface area contributed by atoms with Crippen LogP contribution in [0.2, 0.25) is 5.02 Å². The van der Waals surface area contributed by atoms with Gasteiger partial charge in [0.05, 0.1) is 25.8 Å². The molecule has 2 rings (SSSR count). The van der Waals surface area contributed by atoms with Crippen molar-refractivity contribution in [2.45, 2.75) is 13.0 Å². The van der Waals surface area contributed by atoms with E-state index < -0.39 is 6.04 Å². The molecule has 0 aromatic heterocycles. The molecule has 0 aliphatic heterocycles. The second-order valence-electron chi connectivity index (χ2n) is 4.68. The molecule has 5 heteroatoms. The van der Waals surface area contributed by atoms with Crippen LogP contribution < -0.4 is 15.2 Å². The molecule has 112 valence electrons. The number of nitrogens with two attached hydrogens (primary N) is 1. The lowest BCUT2D eigenvalue weighted by atomic mass is 9.96. The van der Waals surface area contributed by atoms with Gasteiger partial charge in [0.2, 0.25) is 0 Å². The summed E-state index contributed by atoms with van der Waals surface area (Å²) >= 11 is 6.14. The highest BCUT2D eigenvalue weighted by molar-refractivity contribution is 6.31. The van der Waals surface area contributed by atoms with E-state index in [0.717, 1.165) is 0 Å². The highest BCUT2D eigenvalue weighted by Gasteiger charge is 2.22. The molecule has 0 heterocycles. The zero-order valence-corrected chi connectivity index (χ0v) is 12.9. The molecular formula is C16H17ClFNO2. The Morgan fingerprint density at radius 3 is 2.24 bits per heavy atom. The van der Waals surface area contributed by atoms with Gasteiger partial charge in [-0.25, -0.2) is 4.39 Å². The lowest BCUT2D eigenvalue weighted by Crippen LogP contribution is -2.15. The van der Waals surface area contributed by atoms with Crippen LogP contribution >= 0.6 is 11.6 Å². The van der Waals surface area contributed by atoms with Crippen LogP contribution in [0.3, 0.4) is 0 Å². The van der Waals surface area contributed by atoms with Crippen LogP contribution in [0, 0.1) is 12.7 Å². The van der Waals surface area contributed by atoms with Gasteiger partial charge >= 0.3 is 0 Å². The first-order chi connectivity index (χ1) is 9.99. The van der Waals surface area contributed by atoms with Gasteiger partial charge in [-0.05, 0) is 42.3 Å². The summed E-state index contributed by atoms with van der Waals surface area (Å²) in [5, 5.41) is 0.276. The van der Waals surface area contributed by atoms with E-state index in [4.69, 9.17) is 26.8 Å². The van der Waals surface area contributed by atoms with Gasteiger partial charge in [-0.15, -0.1) is 0 Å². The van der Waals surface area contributed by atoms with Gasteiger partial charge in [-0.1, -0.05) is 17.7 Å². The molecule has 0 aliphatic carbocycles. The van der Waals surface area contributed by atoms with Gasteiger partial charge in [0.1, 0.15) is 17.3 Å². The second kappa shape index (κ2) is 6.33. The summed E-state index contributed by atoms with van der Waals surface area (Å²) in [6, 6.07) is 7.74. The third kappa shape index (κ3) is 2.96. The van der Waals surface area contributed by atoms with Crippen molar-refractivity contribution in [3.8, 4) is 11.5 Å². The Morgan fingerprint density at radius 2 is 1.71 bits per heavy atom. The summed E-state index contributed by atoms with van der Waals surface area (Å²) in [5.74, 6) is 0.836. The van der Waals surface area contributed by atoms with Crippen LogP contribution in [-0.2, 0) is 0 Å². The molecule has 2 aromatic rings. The fourth-order valence-corrected chi connectivity index (χ4v) is 2.53. The summed E-state index contributed by atoms with van der Waals surface area (Å²) in [6.45, 7) is 1.67. The third-order valence-corrected chi connectivity index (χ3v) is 3.72. The van der Waals surface area contributed by atoms with E-state index in [0.29, 0.717) is 28.2 Å². The summed E-state index contributed by atoms with van der Waals surface area (Å²) in [6.07, 6.45) is 0. The van der Waals surface area contributed by atoms with Crippen LogP contribution in [0.1, 0.15) is 22.7 Å². The minimum atomic E-state index is -0.581. The van der Waals surface area contributed by atoms with Gasteiger partial charge in [0.15, 0.2) is 0 Å². The largest absolute Gasteiger partial charge is 0.496 e. The van der Waals surface area contributed by atoms with Crippen molar-refractivity contribution in [2.24, 2.45) is 5.73 Å². The Balaban J connectivity index is 2.59. The molecule has 0 spiro atoms. The summed E-state index contributed by atoms with van der Waals surface area (Å²) in [5.41, 5.74) is 8.11. The molecule has 0 amide bonds. The van der Waals surface area contributed by atoms with Crippen LogP contribution in [0.5, 0.6) is 11.5 Å². The van der Waals surface area contributed by atoms with Gasteiger partial charge in [0.25, 0.3) is 0 Å². The van der Waals surface area contributed by atoms with Crippen molar-refractivity contribution in [1.82, 2.24) is 0 Å². The Labute approximate surface area is 128 Å². The zero-order chi connectivity index (χ0) is 15.6. The summed E-state index contributed by atoms with van der Waals surface area (Å²) in [4.78, 5) is 0. The second-order valence-corrected chi connectivity index (χ2v) is 5.08. The number of methoxy groups -OCH3 is 2. The Bertz CT molecular complexity index is 639. The van der Waals surface area contributed by atoms with Crippen LogP contribution in [0.4, 0.5) is 4.39 Å². The highest BCUT2D eigenvalue weighted by Crippen LogP contribution is 2.38. The van der Waals surface area contributed by atoms with Gasteiger partial charge in [-0.3, -0.25) is 0 Å². The predicted molar refractivity (Wildman–Crippen MR) is 81.7 cm³/mol. The Morgan fingerprint density at radius 1 is 1.14 bits per heavy atom. The van der Waals surface area contributed by atoms with E-state index in [1.54, 1.807) is 39.3 Å². The first kappa shape index (κ1) is 15.6. The molecule has 0 fully saturated rings. The minimum Gasteiger partial charge on any atom is -0.496 e. The van der Waals surface area contributed by atoms with Crippen molar-refractivity contribution in [1.29, 1.82) is 0 Å². The maximum Gasteiger partial charge on any atom is 0.127 e. The topological polar surface area (TPSA) is 44.5 Å². The maximum absolute atomic E-state index is 13.5. The van der Waals surface area contributed by atoms with E-state index in [1.165, 1.54) is 6.07 Å².